The summed E-state index contributed by atoms with van der Waals surface area (Å²) in [5.41, 5.74) is 0.912. The first-order valence-electron chi connectivity index (χ1n) is 10.0. The number of rotatable bonds is 6. The molecule has 0 atom stereocenters. The number of ether oxygens (including phenoxy) is 2. The zero-order valence-corrected chi connectivity index (χ0v) is 18.9. The third-order valence-electron chi connectivity index (χ3n) is 4.94. The number of esters is 1. The molecule has 1 aliphatic rings. The summed E-state index contributed by atoms with van der Waals surface area (Å²) >= 11 is 6.12. The minimum absolute atomic E-state index is 0.0355. The lowest BCUT2D eigenvalue weighted by atomic mass is 10.2. The van der Waals surface area contributed by atoms with Gasteiger partial charge in [-0.15, -0.1) is 0 Å². The van der Waals surface area contributed by atoms with Crippen LogP contribution in [-0.2, 0) is 24.3 Å². The molecule has 1 N–H and O–H groups in total. The van der Waals surface area contributed by atoms with Crippen LogP contribution >= 0.6 is 11.6 Å². The molecule has 4 rings (SSSR count). The smallest absolute Gasteiger partial charge is 0.357 e. The fourth-order valence-corrected chi connectivity index (χ4v) is 5.20. The van der Waals surface area contributed by atoms with Gasteiger partial charge in [-0.2, -0.15) is 4.31 Å². The van der Waals surface area contributed by atoms with Gasteiger partial charge in [-0.25, -0.2) is 18.2 Å². The summed E-state index contributed by atoms with van der Waals surface area (Å²) in [6.45, 7) is 0.457. The first-order chi connectivity index (χ1) is 15.8. The largest absolute Gasteiger partial charge is 0.451 e. The highest BCUT2D eigenvalue weighted by atomic mass is 35.5. The Bertz CT molecular complexity index is 1310. The Morgan fingerprint density at radius 2 is 1.85 bits per heavy atom. The fourth-order valence-electron chi connectivity index (χ4n) is 3.29. The topological polar surface area (TPSA) is 115 Å². The molecular formula is C22H20ClN3O6S. The lowest BCUT2D eigenvalue weighted by Gasteiger charge is -2.26. The molecule has 11 heteroatoms. The minimum Gasteiger partial charge on any atom is -0.451 e. The summed E-state index contributed by atoms with van der Waals surface area (Å²) < 4.78 is 37.3. The number of nitrogens with zero attached hydrogens (tertiary/aromatic N) is 2. The summed E-state index contributed by atoms with van der Waals surface area (Å²) in [6, 6.07) is 14.7. The van der Waals surface area contributed by atoms with Crippen molar-refractivity contribution in [1.29, 1.82) is 0 Å². The highest BCUT2D eigenvalue weighted by Crippen LogP contribution is 2.28. The highest BCUT2D eigenvalue weighted by molar-refractivity contribution is 7.89. The number of carbonyl (C=O) groups is 2. The van der Waals surface area contributed by atoms with Crippen molar-refractivity contribution in [2.24, 2.45) is 0 Å². The number of hydrogen-bond acceptors (Lipinski definition) is 7. The van der Waals surface area contributed by atoms with Gasteiger partial charge >= 0.3 is 5.97 Å². The lowest BCUT2D eigenvalue weighted by molar-refractivity contribution is -0.119. The lowest BCUT2D eigenvalue weighted by Crippen LogP contribution is -2.40. The Morgan fingerprint density at radius 3 is 2.64 bits per heavy atom. The molecule has 0 saturated carbocycles. The summed E-state index contributed by atoms with van der Waals surface area (Å²) in [7, 11) is -3.85. The Labute approximate surface area is 195 Å². The molecule has 1 amide bonds. The molecule has 33 heavy (non-hydrogen) atoms. The normalized spacial score (nSPS) is 14.7. The SMILES string of the molecule is O=C(COC(=O)c1ccc2ccccc2n1)Nc1ccc(Cl)c(S(=O)(=O)N2CCOCC2)c1. The maximum Gasteiger partial charge on any atom is 0.357 e. The second-order valence-corrected chi connectivity index (χ2v) is 9.49. The van der Waals surface area contributed by atoms with E-state index in [1.54, 1.807) is 18.2 Å². The molecule has 1 saturated heterocycles. The van der Waals surface area contributed by atoms with Gasteiger partial charge in [-0.3, -0.25) is 4.79 Å². The number of aromatic nitrogens is 1. The number of nitrogens with one attached hydrogen (secondary N) is 1. The van der Waals surface area contributed by atoms with Gasteiger partial charge < -0.3 is 14.8 Å². The van der Waals surface area contributed by atoms with Crippen LogP contribution < -0.4 is 5.32 Å². The van der Waals surface area contributed by atoms with E-state index in [4.69, 9.17) is 21.1 Å². The van der Waals surface area contributed by atoms with Crippen LogP contribution in [0.4, 0.5) is 5.69 Å². The standard InChI is InChI=1S/C22H20ClN3O6S/c23-17-7-6-16(13-20(17)33(29,30)26-9-11-31-12-10-26)24-21(27)14-32-22(28)19-8-5-15-3-1-2-4-18(15)25-19/h1-8,13H,9-12,14H2,(H,24,27). The molecule has 9 nitrogen and oxygen atoms in total. The van der Waals surface area contributed by atoms with Gasteiger partial charge in [0.25, 0.3) is 5.91 Å². The van der Waals surface area contributed by atoms with Crippen molar-refractivity contribution in [2.75, 3.05) is 38.2 Å². The molecule has 0 unspecified atom stereocenters. The Hall–Kier alpha value is -3.05. The number of benzene rings is 2. The number of amides is 1. The third-order valence-corrected chi connectivity index (χ3v) is 7.32. The number of sulfonamides is 1. The Balaban J connectivity index is 1.41. The quantitative estimate of drug-likeness (QED) is 0.529. The van der Waals surface area contributed by atoms with Gasteiger partial charge in [0.15, 0.2) is 6.61 Å². The van der Waals surface area contributed by atoms with E-state index in [0.717, 1.165) is 5.39 Å². The van der Waals surface area contributed by atoms with E-state index in [1.165, 1.54) is 28.6 Å². The van der Waals surface area contributed by atoms with Crippen LogP contribution in [0.1, 0.15) is 10.5 Å². The van der Waals surface area contributed by atoms with Crippen LogP contribution in [-0.4, -0.2) is 62.5 Å². The van der Waals surface area contributed by atoms with Crippen molar-refractivity contribution in [3.8, 4) is 0 Å². The Morgan fingerprint density at radius 1 is 1.09 bits per heavy atom. The number of carbonyl (C=O) groups excluding carboxylic acids is 2. The zero-order valence-electron chi connectivity index (χ0n) is 17.4. The van der Waals surface area contributed by atoms with E-state index in [-0.39, 0.29) is 34.4 Å². The van der Waals surface area contributed by atoms with Gasteiger partial charge in [-0.1, -0.05) is 35.9 Å². The molecule has 0 radical (unpaired) electrons. The number of hydrogen-bond donors (Lipinski definition) is 1. The molecule has 0 bridgehead atoms. The minimum atomic E-state index is -3.85. The van der Waals surface area contributed by atoms with E-state index in [2.05, 4.69) is 10.3 Å². The molecule has 1 fully saturated rings. The second-order valence-electron chi connectivity index (χ2n) is 7.18. The average molecular weight is 490 g/mol. The fraction of sp³-hybridized carbons (Fsp3) is 0.227. The van der Waals surface area contributed by atoms with Gasteiger partial charge in [0, 0.05) is 24.2 Å². The summed E-state index contributed by atoms with van der Waals surface area (Å²) in [5, 5.41) is 3.43. The molecule has 0 spiro atoms. The third kappa shape index (κ3) is 5.31. The van der Waals surface area contributed by atoms with Crippen molar-refractivity contribution >= 4 is 50.1 Å². The molecule has 172 valence electrons. The van der Waals surface area contributed by atoms with Crippen LogP contribution in [0.25, 0.3) is 10.9 Å². The van der Waals surface area contributed by atoms with Crippen molar-refractivity contribution in [2.45, 2.75) is 4.90 Å². The zero-order chi connectivity index (χ0) is 23.4. The van der Waals surface area contributed by atoms with Gasteiger partial charge in [-0.05, 0) is 30.3 Å². The van der Waals surface area contributed by atoms with Gasteiger partial charge in [0.2, 0.25) is 10.0 Å². The predicted molar refractivity (Wildman–Crippen MR) is 122 cm³/mol. The summed E-state index contributed by atoms with van der Waals surface area (Å²) in [4.78, 5) is 28.7. The second kappa shape index (κ2) is 9.84. The molecule has 3 aromatic rings. The molecule has 1 aliphatic heterocycles. The van der Waals surface area contributed by atoms with Gasteiger partial charge in [0.05, 0.1) is 23.8 Å². The van der Waals surface area contributed by atoms with E-state index in [1.807, 2.05) is 12.1 Å². The number of anilines is 1. The number of para-hydroxylation sites is 1. The van der Waals surface area contributed by atoms with Crippen LogP contribution in [0, 0.1) is 0 Å². The highest BCUT2D eigenvalue weighted by Gasteiger charge is 2.28. The van der Waals surface area contributed by atoms with Crippen LogP contribution in [0.15, 0.2) is 59.5 Å². The van der Waals surface area contributed by atoms with Crippen LogP contribution in [0.2, 0.25) is 5.02 Å². The molecule has 2 heterocycles. The van der Waals surface area contributed by atoms with Crippen LogP contribution in [0.5, 0.6) is 0 Å². The van der Waals surface area contributed by atoms with Crippen molar-refractivity contribution in [3.05, 3.63) is 65.3 Å². The monoisotopic (exact) mass is 489 g/mol. The number of halogens is 1. The predicted octanol–water partition coefficient (Wildman–Crippen LogP) is 2.70. The Kier molecular flexibility index (Phi) is 6.89. The molecule has 0 aliphatic carbocycles. The first kappa shape index (κ1) is 23.1. The van der Waals surface area contributed by atoms with Crippen LogP contribution in [0.3, 0.4) is 0 Å². The average Bonchev–Trinajstić information content (AvgIpc) is 2.84. The summed E-state index contributed by atoms with van der Waals surface area (Å²) in [6.07, 6.45) is 0. The maximum atomic E-state index is 12.9. The van der Waals surface area contributed by atoms with Gasteiger partial charge in [0.1, 0.15) is 10.6 Å². The molecule has 2 aromatic carbocycles. The molecular weight excluding hydrogens is 470 g/mol. The first-order valence-corrected chi connectivity index (χ1v) is 11.9. The summed E-state index contributed by atoms with van der Waals surface area (Å²) in [5.74, 6) is -1.39. The van der Waals surface area contributed by atoms with E-state index >= 15 is 0 Å². The van der Waals surface area contributed by atoms with E-state index < -0.39 is 28.5 Å². The maximum absolute atomic E-state index is 12.9. The van der Waals surface area contributed by atoms with Crippen molar-refractivity contribution in [1.82, 2.24) is 9.29 Å². The molecule has 1 aromatic heterocycles. The number of morpholine rings is 1. The van der Waals surface area contributed by atoms with E-state index in [0.29, 0.717) is 18.7 Å². The number of fused-ring (bicyclic) bond motifs is 1. The van der Waals surface area contributed by atoms with Crippen molar-refractivity contribution in [3.63, 3.8) is 0 Å². The van der Waals surface area contributed by atoms with E-state index in [9.17, 15) is 18.0 Å². The van der Waals surface area contributed by atoms with Crippen molar-refractivity contribution < 1.29 is 27.5 Å². The number of pyridine rings is 1.